The first-order valence-corrected chi connectivity index (χ1v) is 12.9. The summed E-state index contributed by atoms with van der Waals surface area (Å²) in [6.45, 7) is 6.13. The molecule has 0 aliphatic carbocycles. The number of carbonyl (C=O) groups excluding carboxylic acids is 1. The van der Waals surface area contributed by atoms with Crippen molar-refractivity contribution in [1.82, 2.24) is 9.99 Å². The van der Waals surface area contributed by atoms with Gasteiger partial charge in [0.15, 0.2) is 11.5 Å². The van der Waals surface area contributed by atoms with Crippen LogP contribution < -0.4 is 14.9 Å². The third kappa shape index (κ3) is 6.12. The van der Waals surface area contributed by atoms with Gasteiger partial charge in [-0.2, -0.15) is 5.10 Å². The maximum absolute atomic E-state index is 12.7. The summed E-state index contributed by atoms with van der Waals surface area (Å²) >= 11 is 3.55. The summed E-state index contributed by atoms with van der Waals surface area (Å²) in [5.74, 6) is 0.942. The third-order valence-electron chi connectivity index (χ3n) is 6.06. The Hall–Kier alpha value is -3.84. The van der Waals surface area contributed by atoms with Gasteiger partial charge in [0.25, 0.3) is 5.91 Å². The van der Waals surface area contributed by atoms with Gasteiger partial charge in [0.1, 0.15) is 0 Å². The lowest BCUT2D eigenvalue weighted by atomic mass is 10.1. The molecule has 1 aromatic heterocycles. The van der Waals surface area contributed by atoms with E-state index < -0.39 is 0 Å². The van der Waals surface area contributed by atoms with E-state index in [0.717, 1.165) is 39.1 Å². The molecule has 0 radical (unpaired) electrons. The van der Waals surface area contributed by atoms with Crippen LogP contribution in [-0.4, -0.2) is 29.9 Å². The molecule has 1 heterocycles. The first-order chi connectivity index (χ1) is 17.9. The van der Waals surface area contributed by atoms with Crippen LogP contribution in [0.2, 0.25) is 0 Å². The van der Waals surface area contributed by atoms with Crippen molar-refractivity contribution in [1.29, 1.82) is 0 Å². The lowest BCUT2D eigenvalue weighted by Crippen LogP contribution is -2.17. The zero-order valence-corrected chi connectivity index (χ0v) is 23.0. The van der Waals surface area contributed by atoms with E-state index in [-0.39, 0.29) is 12.0 Å². The first-order valence-electron chi connectivity index (χ1n) is 12.1. The number of hydrogen-bond donors (Lipinski definition) is 1. The van der Waals surface area contributed by atoms with E-state index in [1.165, 1.54) is 0 Å². The molecule has 0 bridgehead atoms. The Balaban J connectivity index is 1.47. The highest BCUT2D eigenvalue weighted by atomic mass is 79.9. The number of nitrogens with one attached hydrogen (secondary N) is 1. The van der Waals surface area contributed by atoms with E-state index in [4.69, 9.17) is 9.47 Å². The topological polar surface area (TPSA) is 64.8 Å². The minimum absolute atomic E-state index is 0.0572. The normalized spacial score (nSPS) is 11.9. The Morgan fingerprint density at radius 3 is 2.49 bits per heavy atom. The molecular weight excluding hydrogens is 530 g/mol. The molecule has 4 rings (SSSR count). The molecule has 0 saturated heterocycles. The van der Waals surface area contributed by atoms with Gasteiger partial charge in [0.2, 0.25) is 0 Å². The second-order valence-electron chi connectivity index (χ2n) is 8.68. The Labute approximate surface area is 226 Å². The van der Waals surface area contributed by atoms with Gasteiger partial charge in [-0.05, 0) is 95.9 Å². The van der Waals surface area contributed by atoms with Crippen LogP contribution in [0.4, 0.5) is 0 Å². The second kappa shape index (κ2) is 11.9. The van der Waals surface area contributed by atoms with Crippen molar-refractivity contribution in [2.24, 2.45) is 5.10 Å². The van der Waals surface area contributed by atoms with Crippen LogP contribution in [0.15, 0.2) is 88.4 Å². The molecule has 0 spiro atoms. The van der Waals surface area contributed by atoms with Crippen LogP contribution in [0.3, 0.4) is 0 Å². The zero-order valence-electron chi connectivity index (χ0n) is 21.4. The molecule has 190 valence electrons. The van der Waals surface area contributed by atoms with Crippen LogP contribution in [-0.2, 0) is 0 Å². The number of hydrazone groups is 1. The summed E-state index contributed by atoms with van der Waals surface area (Å²) in [6, 6.07) is 25.6. The van der Waals surface area contributed by atoms with Crippen molar-refractivity contribution < 1.29 is 14.3 Å². The van der Waals surface area contributed by atoms with Gasteiger partial charge >= 0.3 is 0 Å². The largest absolute Gasteiger partial charge is 0.493 e. The number of benzene rings is 3. The molecule has 6 nitrogen and oxygen atoms in total. The summed E-state index contributed by atoms with van der Waals surface area (Å²) in [7, 11) is 1.59. The Kier molecular flexibility index (Phi) is 8.46. The molecule has 0 saturated carbocycles. The van der Waals surface area contributed by atoms with Crippen molar-refractivity contribution in [2.45, 2.75) is 33.3 Å². The molecule has 7 heteroatoms. The number of methoxy groups -OCH3 is 1. The molecular formula is C30H30BrN3O3. The zero-order chi connectivity index (χ0) is 26.4. The third-order valence-corrected chi connectivity index (χ3v) is 6.65. The van der Waals surface area contributed by atoms with Gasteiger partial charge in [-0.1, -0.05) is 37.3 Å². The smallest absolute Gasteiger partial charge is 0.271 e. The summed E-state index contributed by atoms with van der Waals surface area (Å²) in [6.07, 6.45) is 2.51. The fraction of sp³-hybridized carbons (Fsp3) is 0.200. The maximum atomic E-state index is 12.7. The van der Waals surface area contributed by atoms with Gasteiger partial charge in [0, 0.05) is 16.9 Å². The maximum Gasteiger partial charge on any atom is 0.271 e. The predicted octanol–water partition coefficient (Wildman–Crippen LogP) is 7.17. The van der Waals surface area contributed by atoms with Crippen LogP contribution in [0.25, 0.3) is 16.9 Å². The van der Waals surface area contributed by atoms with Crippen molar-refractivity contribution >= 4 is 28.1 Å². The standard InChI is InChI=1S/C30H30BrN3O3/c1-5-21(3)37-29-26(31)17-22(18-28(29)36-4)19-32-33-30(35)24-12-14-25(15-13-24)34-20(2)11-16-27(34)23-9-7-6-8-10-23/h6-19,21H,5H2,1-4H3,(H,33,35)/b32-19+/t21-/m1/s1. The highest BCUT2D eigenvalue weighted by Gasteiger charge is 2.14. The number of rotatable bonds is 9. The Morgan fingerprint density at radius 1 is 1.08 bits per heavy atom. The van der Waals surface area contributed by atoms with E-state index in [2.05, 4.69) is 69.1 Å². The summed E-state index contributed by atoms with van der Waals surface area (Å²) in [5, 5.41) is 4.13. The molecule has 1 N–H and O–H groups in total. The molecule has 1 atom stereocenters. The number of hydrogen-bond acceptors (Lipinski definition) is 4. The summed E-state index contributed by atoms with van der Waals surface area (Å²) < 4.78 is 14.4. The number of aromatic nitrogens is 1. The molecule has 0 aliphatic rings. The van der Waals surface area contributed by atoms with E-state index >= 15 is 0 Å². The average Bonchev–Trinajstić information content (AvgIpc) is 3.31. The van der Waals surface area contributed by atoms with Crippen molar-refractivity contribution in [3.05, 3.63) is 100 Å². The quantitative estimate of drug-likeness (QED) is 0.175. The van der Waals surface area contributed by atoms with Crippen molar-refractivity contribution in [3.63, 3.8) is 0 Å². The van der Waals surface area contributed by atoms with Crippen LogP contribution in [0.5, 0.6) is 11.5 Å². The monoisotopic (exact) mass is 559 g/mol. The predicted molar refractivity (Wildman–Crippen MR) is 152 cm³/mol. The molecule has 0 aliphatic heterocycles. The van der Waals surface area contributed by atoms with Gasteiger partial charge in [-0.15, -0.1) is 0 Å². The number of halogens is 1. The summed E-state index contributed by atoms with van der Waals surface area (Å²) in [4.78, 5) is 12.7. The SMILES string of the molecule is CC[C@@H](C)Oc1c(Br)cc(/C=N/NC(=O)c2ccc(-n3c(C)ccc3-c3ccccc3)cc2)cc1OC. The molecule has 4 aromatic rings. The van der Waals surface area contributed by atoms with Gasteiger partial charge in [-0.25, -0.2) is 5.43 Å². The minimum atomic E-state index is -0.293. The van der Waals surface area contributed by atoms with Gasteiger partial charge in [0.05, 0.1) is 29.6 Å². The van der Waals surface area contributed by atoms with Crippen LogP contribution >= 0.6 is 15.9 Å². The molecule has 37 heavy (non-hydrogen) atoms. The number of aryl methyl sites for hydroxylation is 1. The molecule has 0 unspecified atom stereocenters. The van der Waals surface area contributed by atoms with E-state index in [1.54, 1.807) is 25.5 Å². The van der Waals surface area contributed by atoms with E-state index in [0.29, 0.717) is 17.1 Å². The highest BCUT2D eigenvalue weighted by Crippen LogP contribution is 2.37. The number of nitrogens with zero attached hydrogens (tertiary/aromatic N) is 2. The van der Waals surface area contributed by atoms with Gasteiger partial charge < -0.3 is 14.0 Å². The number of amides is 1. The average molecular weight is 560 g/mol. The highest BCUT2D eigenvalue weighted by molar-refractivity contribution is 9.10. The molecule has 1 amide bonds. The number of ether oxygens (including phenoxy) is 2. The lowest BCUT2D eigenvalue weighted by Gasteiger charge is -2.17. The van der Waals surface area contributed by atoms with E-state index in [1.807, 2.05) is 49.4 Å². The van der Waals surface area contributed by atoms with Gasteiger partial charge in [-0.3, -0.25) is 4.79 Å². The molecule has 3 aromatic carbocycles. The van der Waals surface area contributed by atoms with Crippen LogP contribution in [0.1, 0.15) is 41.9 Å². The van der Waals surface area contributed by atoms with Crippen molar-refractivity contribution in [3.8, 4) is 28.4 Å². The lowest BCUT2D eigenvalue weighted by molar-refractivity contribution is 0.0955. The minimum Gasteiger partial charge on any atom is -0.493 e. The Morgan fingerprint density at radius 2 is 1.81 bits per heavy atom. The second-order valence-corrected chi connectivity index (χ2v) is 9.53. The Bertz CT molecular complexity index is 1400. The first kappa shape index (κ1) is 26.2. The fourth-order valence-electron chi connectivity index (χ4n) is 3.92. The fourth-order valence-corrected chi connectivity index (χ4v) is 4.47. The van der Waals surface area contributed by atoms with E-state index in [9.17, 15) is 4.79 Å². The van der Waals surface area contributed by atoms with Crippen LogP contribution in [0, 0.1) is 6.92 Å². The number of carbonyl (C=O) groups is 1. The molecule has 0 fully saturated rings. The summed E-state index contributed by atoms with van der Waals surface area (Å²) in [5.41, 5.74) is 8.20. The van der Waals surface area contributed by atoms with Crippen molar-refractivity contribution in [2.75, 3.05) is 7.11 Å².